The topological polar surface area (TPSA) is 57.5 Å². The summed E-state index contributed by atoms with van der Waals surface area (Å²) in [4.78, 5) is 2.54. The minimum atomic E-state index is -0.566. The zero-order chi connectivity index (χ0) is 19.8. The molecule has 3 fully saturated rings. The van der Waals surface area contributed by atoms with E-state index in [1.807, 2.05) is 13.8 Å². The first-order chi connectivity index (χ1) is 13.4. The van der Waals surface area contributed by atoms with Gasteiger partial charge in [-0.15, -0.1) is 0 Å². The average Bonchev–Trinajstić information content (AvgIpc) is 3.13. The highest BCUT2D eigenvalue weighted by atomic mass is 19.1. The number of nitrogens with zero attached hydrogens (tertiary/aromatic N) is 2. The van der Waals surface area contributed by atoms with E-state index in [1.165, 1.54) is 6.07 Å². The lowest BCUT2D eigenvalue weighted by Crippen LogP contribution is -2.59. The SMILES string of the molecule is CC(C)(C#N)COc1ccc(F)cc1C1CCN(C2COC3(CNC3)C2)CC1. The maximum Gasteiger partial charge on any atom is 0.123 e. The molecule has 3 aliphatic rings. The molecule has 1 atom stereocenters. The zero-order valence-corrected chi connectivity index (χ0v) is 16.8. The lowest BCUT2D eigenvalue weighted by atomic mass is 9.86. The molecule has 0 radical (unpaired) electrons. The number of likely N-dealkylation sites (tertiary alicyclic amines) is 1. The van der Waals surface area contributed by atoms with Gasteiger partial charge in [0.2, 0.25) is 0 Å². The normalized spacial score (nSPS) is 25.4. The molecule has 1 aromatic carbocycles. The molecule has 3 saturated heterocycles. The highest BCUT2D eigenvalue weighted by Crippen LogP contribution is 2.38. The molecule has 6 heteroatoms. The van der Waals surface area contributed by atoms with Crippen molar-refractivity contribution in [2.45, 2.75) is 50.7 Å². The van der Waals surface area contributed by atoms with Crippen LogP contribution in [0.2, 0.25) is 0 Å². The minimum absolute atomic E-state index is 0.0820. The van der Waals surface area contributed by atoms with Crippen LogP contribution in [0.5, 0.6) is 5.75 Å². The largest absolute Gasteiger partial charge is 0.492 e. The van der Waals surface area contributed by atoms with E-state index < -0.39 is 5.41 Å². The molecule has 0 saturated carbocycles. The third-order valence-electron chi connectivity index (χ3n) is 6.43. The lowest BCUT2D eigenvalue weighted by molar-refractivity contribution is -0.0367. The second-order valence-corrected chi connectivity index (χ2v) is 9.23. The van der Waals surface area contributed by atoms with E-state index in [0.717, 1.165) is 57.6 Å². The van der Waals surface area contributed by atoms with Crippen LogP contribution in [0, 0.1) is 22.6 Å². The molecule has 3 aliphatic heterocycles. The van der Waals surface area contributed by atoms with Gasteiger partial charge in [0.15, 0.2) is 0 Å². The van der Waals surface area contributed by atoms with Gasteiger partial charge < -0.3 is 14.8 Å². The van der Waals surface area contributed by atoms with Crippen LogP contribution in [0.25, 0.3) is 0 Å². The Morgan fingerprint density at radius 1 is 1.36 bits per heavy atom. The Kier molecular flexibility index (Phi) is 5.34. The summed E-state index contributed by atoms with van der Waals surface area (Å²) in [7, 11) is 0. The first-order valence-electron chi connectivity index (χ1n) is 10.3. The maximum absolute atomic E-state index is 14.0. The number of piperidine rings is 1. The van der Waals surface area contributed by atoms with Crippen molar-refractivity contribution in [2.24, 2.45) is 5.41 Å². The summed E-state index contributed by atoms with van der Waals surface area (Å²) in [5.74, 6) is 0.772. The van der Waals surface area contributed by atoms with Crippen molar-refractivity contribution < 1.29 is 13.9 Å². The summed E-state index contributed by atoms with van der Waals surface area (Å²) in [5.41, 5.74) is 0.457. The molecule has 0 aromatic heterocycles. The van der Waals surface area contributed by atoms with E-state index in [1.54, 1.807) is 12.1 Å². The fourth-order valence-corrected chi connectivity index (χ4v) is 4.54. The molecule has 1 spiro atoms. The van der Waals surface area contributed by atoms with Crippen molar-refractivity contribution in [3.05, 3.63) is 29.6 Å². The van der Waals surface area contributed by atoms with Crippen molar-refractivity contribution >= 4 is 0 Å². The third-order valence-corrected chi connectivity index (χ3v) is 6.43. The first kappa shape index (κ1) is 19.6. The highest BCUT2D eigenvalue weighted by Gasteiger charge is 2.47. The van der Waals surface area contributed by atoms with Gasteiger partial charge >= 0.3 is 0 Å². The van der Waals surface area contributed by atoms with E-state index in [4.69, 9.17) is 9.47 Å². The highest BCUT2D eigenvalue weighted by molar-refractivity contribution is 5.37. The van der Waals surface area contributed by atoms with Crippen LogP contribution in [-0.4, -0.2) is 55.9 Å². The number of nitriles is 1. The zero-order valence-electron chi connectivity index (χ0n) is 16.8. The minimum Gasteiger partial charge on any atom is -0.492 e. The fourth-order valence-electron chi connectivity index (χ4n) is 4.54. The average molecular weight is 387 g/mol. The summed E-state index contributed by atoms with van der Waals surface area (Å²) < 4.78 is 26.0. The predicted molar refractivity (Wildman–Crippen MR) is 105 cm³/mol. The Morgan fingerprint density at radius 2 is 2.11 bits per heavy atom. The van der Waals surface area contributed by atoms with E-state index in [-0.39, 0.29) is 17.3 Å². The van der Waals surface area contributed by atoms with Crippen LogP contribution >= 0.6 is 0 Å². The van der Waals surface area contributed by atoms with Gasteiger partial charge in [-0.1, -0.05) is 0 Å². The summed E-state index contributed by atoms with van der Waals surface area (Å²) in [5, 5.41) is 12.5. The molecule has 0 amide bonds. The van der Waals surface area contributed by atoms with Crippen molar-refractivity contribution in [3.63, 3.8) is 0 Å². The van der Waals surface area contributed by atoms with Crippen LogP contribution in [0.1, 0.15) is 44.6 Å². The van der Waals surface area contributed by atoms with Crippen molar-refractivity contribution in [3.8, 4) is 11.8 Å². The Bertz CT molecular complexity index is 749. The fraction of sp³-hybridized carbons (Fsp3) is 0.682. The predicted octanol–water partition coefficient (Wildman–Crippen LogP) is 3.06. The molecule has 1 aromatic rings. The van der Waals surface area contributed by atoms with Gasteiger partial charge in [-0.05, 0) is 70.3 Å². The molecule has 152 valence electrons. The van der Waals surface area contributed by atoms with Gasteiger partial charge in [-0.25, -0.2) is 4.39 Å². The Hall–Kier alpha value is -1.68. The molecule has 28 heavy (non-hydrogen) atoms. The van der Waals surface area contributed by atoms with Gasteiger partial charge in [-0.2, -0.15) is 5.26 Å². The number of ether oxygens (including phenoxy) is 2. The quantitative estimate of drug-likeness (QED) is 0.842. The third kappa shape index (κ3) is 4.03. The van der Waals surface area contributed by atoms with Crippen LogP contribution < -0.4 is 10.1 Å². The van der Waals surface area contributed by atoms with Crippen molar-refractivity contribution in [1.29, 1.82) is 5.26 Å². The van der Waals surface area contributed by atoms with Crippen LogP contribution in [-0.2, 0) is 4.74 Å². The summed E-state index contributed by atoms with van der Waals surface area (Å²) in [6.07, 6.45) is 3.09. The Balaban J connectivity index is 1.39. The second kappa shape index (κ2) is 7.62. The van der Waals surface area contributed by atoms with Gasteiger partial charge in [0.05, 0.1) is 23.7 Å². The van der Waals surface area contributed by atoms with E-state index >= 15 is 0 Å². The lowest BCUT2D eigenvalue weighted by Gasteiger charge is -2.40. The standard InChI is InChI=1S/C22H30FN3O2/c1-21(2,12-24)15-27-20-4-3-17(23)9-19(20)16-5-7-26(8-6-16)18-10-22(28-11-18)13-25-14-22/h3-4,9,16,18,25H,5-8,10-11,13-15H2,1-2H3. The second-order valence-electron chi connectivity index (χ2n) is 9.23. The molecule has 3 heterocycles. The van der Waals surface area contributed by atoms with Crippen molar-refractivity contribution in [2.75, 3.05) is 39.4 Å². The number of halogens is 1. The summed E-state index contributed by atoms with van der Waals surface area (Å²) in [6, 6.07) is 7.52. The molecule has 5 nitrogen and oxygen atoms in total. The number of benzene rings is 1. The molecule has 0 bridgehead atoms. The molecule has 0 aliphatic carbocycles. The monoisotopic (exact) mass is 387 g/mol. The van der Waals surface area contributed by atoms with E-state index in [9.17, 15) is 9.65 Å². The molecular formula is C22H30FN3O2. The van der Waals surface area contributed by atoms with Crippen molar-refractivity contribution in [1.82, 2.24) is 10.2 Å². The molecule has 4 rings (SSSR count). The number of rotatable bonds is 5. The summed E-state index contributed by atoms with van der Waals surface area (Å²) in [6.45, 7) is 8.78. The molecule has 1 N–H and O–H groups in total. The first-order valence-corrected chi connectivity index (χ1v) is 10.3. The van der Waals surface area contributed by atoms with Gasteiger partial charge in [0.25, 0.3) is 0 Å². The van der Waals surface area contributed by atoms with Gasteiger partial charge in [-0.3, -0.25) is 4.90 Å². The van der Waals surface area contributed by atoms with E-state index in [0.29, 0.717) is 18.4 Å². The van der Waals surface area contributed by atoms with Gasteiger partial charge in [0.1, 0.15) is 18.2 Å². The van der Waals surface area contributed by atoms with Crippen LogP contribution in [0.3, 0.4) is 0 Å². The van der Waals surface area contributed by atoms with Crippen LogP contribution in [0.4, 0.5) is 4.39 Å². The Morgan fingerprint density at radius 3 is 2.71 bits per heavy atom. The molecular weight excluding hydrogens is 357 g/mol. The molecule has 1 unspecified atom stereocenters. The Labute approximate surface area is 166 Å². The van der Waals surface area contributed by atoms with Gasteiger partial charge in [0, 0.05) is 24.7 Å². The van der Waals surface area contributed by atoms with E-state index in [2.05, 4.69) is 16.3 Å². The van der Waals surface area contributed by atoms with Crippen LogP contribution in [0.15, 0.2) is 18.2 Å². The summed E-state index contributed by atoms with van der Waals surface area (Å²) >= 11 is 0. The maximum atomic E-state index is 14.0. The number of hydrogen-bond donors (Lipinski definition) is 1. The number of nitrogens with one attached hydrogen (secondary N) is 1. The number of hydrogen-bond acceptors (Lipinski definition) is 5. The smallest absolute Gasteiger partial charge is 0.123 e.